The molecule has 0 aromatic rings. The molecule has 0 rings (SSSR count). The second-order valence-electron chi connectivity index (χ2n) is 15.8. The van der Waals surface area contributed by atoms with Gasteiger partial charge in [-0.05, 0) is 65.2 Å². The van der Waals surface area contributed by atoms with Crippen LogP contribution < -0.4 is 34.0 Å². The maximum Gasteiger partial charge on any atom is 0.0857 e. The molecule has 2 atom stereocenters. The average molecular weight is 755 g/mol. The fourth-order valence-electron chi connectivity index (χ4n) is 6.74. The molecule has 2 nitrogen and oxygen atoms in total. The van der Waals surface area contributed by atoms with Crippen LogP contribution in [0.5, 0.6) is 0 Å². The minimum atomic E-state index is 0. The van der Waals surface area contributed by atoms with E-state index >= 15 is 0 Å². The summed E-state index contributed by atoms with van der Waals surface area (Å²) < 4.78 is 2.45. The molecule has 0 aliphatic rings. The summed E-state index contributed by atoms with van der Waals surface area (Å²) in [7, 11) is 9.93. The molecule has 0 radical (unpaired) electrons. The lowest BCUT2D eigenvalue weighted by Gasteiger charge is -2.36. The summed E-state index contributed by atoms with van der Waals surface area (Å²) in [6.45, 7) is 12.4. The lowest BCUT2D eigenvalue weighted by atomic mass is 10.0. The Hall–Kier alpha value is 0.880. The minimum Gasteiger partial charge on any atom is -1.00 e. The van der Waals surface area contributed by atoms with Gasteiger partial charge in [0.05, 0.1) is 53.4 Å². The molecule has 0 aliphatic carbocycles. The fourth-order valence-corrected chi connectivity index (χ4v) is 6.74. The van der Waals surface area contributed by atoms with E-state index in [-0.39, 0.29) is 34.0 Å². The summed E-state index contributed by atoms with van der Waals surface area (Å²) in [4.78, 5) is 0. The van der Waals surface area contributed by atoms with Crippen molar-refractivity contribution >= 4 is 0 Å². The van der Waals surface area contributed by atoms with Gasteiger partial charge in [-0.1, -0.05) is 142 Å². The smallest absolute Gasteiger partial charge is 0.0857 e. The summed E-state index contributed by atoms with van der Waals surface area (Å²) in [5, 5.41) is 0. The summed E-state index contributed by atoms with van der Waals surface area (Å²) >= 11 is 0. The van der Waals surface area contributed by atoms with Gasteiger partial charge in [-0.25, -0.2) is 0 Å². The van der Waals surface area contributed by atoms with Crippen molar-refractivity contribution in [1.82, 2.24) is 0 Å². The van der Waals surface area contributed by atoms with Gasteiger partial charge in [0.25, 0.3) is 0 Å². The van der Waals surface area contributed by atoms with E-state index in [2.05, 4.69) is 55.9 Å². The monoisotopic (exact) mass is 753 g/mol. The number of quaternary nitrogens is 2. The van der Waals surface area contributed by atoms with Crippen molar-refractivity contribution in [3.05, 3.63) is 0 Å². The van der Waals surface area contributed by atoms with Crippen molar-refractivity contribution in [2.75, 3.05) is 41.3 Å². The highest BCUT2D eigenvalue weighted by Crippen LogP contribution is 2.20. The molecule has 0 saturated heterocycles. The highest BCUT2D eigenvalue weighted by Gasteiger charge is 2.23. The second kappa shape index (κ2) is 33.8. The first-order valence-electron chi connectivity index (χ1n) is 19.8. The zero-order valence-electron chi connectivity index (χ0n) is 32.0. The van der Waals surface area contributed by atoms with E-state index in [1.165, 1.54) is 202 Å². The van der Waals surface area contributed by atoms with Crippen molar-refractivity contribution < 1.29 is 42.9 Å². The summed E-state index contributed by atoms with van der Waals surface area (Å²) in [5.74, 6) is 0. The van der Waals surface area contributed by atoms with Crippen LogP contribution in [0.15, 0.2) is 0 Å². The molecule has 0 aliphatic heterocycles. The van der Waals surface area contributed by atoms with Crippen LogP contribution >= 0.6 is 0 Å². The van der Waals surface area contributed by atoms with E-state index in [1.807, 2.05) is 0 Å². The van der Waals surface area contributed by atoms with Crippen LogP contribution in [0.25, 0.3) is 0 Å². The van der Waals surface area contributed by atoms with Crippen molar-refractivity contribution in [1.29, 1.82) is 0 Å². The van der Waals surface area contributed by atoms with Crippen LogP contribution in [0, 0.1) is 0 Å². The first kappa shape index (κ1) is 49.3. The Balaban J connectivity index is -0.00000840. The molecule has 2 unspecified atom stereocenters. The van der Waals surface area contributed by atoms with Crippen LogP contribution in [-0.4, -0.2) is 62.3 Å². The Morgan fingerprint density at radius 1 is 0.318 bits per heavy atom. The van der Waals surface area contributed by atoms with Gasteiger partial charge in [0.15, 0.2) is 0 Å². The van der Waals surface area contributed by atoms with Gasteiger partial charge >= 0.3 is 0 Å². The van der Waals surface area contributed by atoms with Gasteiger partial charge in [-0.2, -0.15) is 0 Å². The predicted molar refractivity (Wildman–Crippen MR) is 193 cm³/mol. The van der Waals surface area contributed by atoms with Gasteiger partial charge in [0, 0.05) is 0 Å². The third-order valence-electron chi connectivity index (χ3n) is 11.1. The second-order valence-corrected chi connectivity index (χ2v) is 15.8. The number of hydrogen-bond acceptors (Lipinski definition) is 0. The third kappa shape index (κ3) is 30.2. The SMILES string of the molecule is CCCCCCCCCCCC(C)[N+](C)(C)CCCCCCCCCC[N+](C)(C)C(C)CCCCCCCCCCC.[Br-].[Br-]. The molecule has 4 heteroatoms. The highest BCUT2D eigenvalue weighted by atomic mass is 79.9. The molecule has 0 saturated carbocycles. The Morgan fingerprint density at radius 3 is 0.773 bits per heavy atom. The first-order chi connectivity index (χ1) is 20.2. The normalized spacial score (nSPS) is 13.4. The molecular formula is C40H86Br2N2. The van der Waals surface area contributed by atoms with Gasteiger partial charge in [-0.15, -0.1) is 0 Å². The van der Waals surface area contributed by atoms with Crippen LogP contribution in [0.1, 0.15) is 207 Å². The Morgan fingerprint density at radius 2 is 0.523 bits per heavy atom. The fraction of sp³-hybridized carbons (Fsp3) is 1.00. The number of rotatable bonds is 33. The molecule has 270 valence electrons. The van der Waals surface area contributed by atoms with Crippen LogP contribution in [0.2, 0.25) is 0 Å². The number of hydrogen-bond donors (Lipinski definition) is 0. The van der Waals surface area contributed by atoms with Crippen molar-refractivity contribution in [3.8, 4) is 0 Å². The van der Waals surface area contributed by atoms with E-state index in [9.17, 15) is 0 Å². The number of unbranched alkanes of at least 4 members (excludes halogenated alkanes) is 23. The van der Waals surface area contributed by atoms with Crippen molar-refractivity contribution in [3.63, 3.8) is 0 Å². The summed E-state index contributed by atoms with van der Waals surface area (Å²) in [6.07, 6.45) is 40.3. The lowest BCUT2D eigenvalue weighted by molar-refractivity contribution is -0.913. The highest BCUT2D eigenvalue weighted by molar-refractivity contribution is 4.57. The van der Waals surface area contributed by atoms with Crippen LogP contribution in [-0.2, 0) is 0 Å². The van der Waals surface area contributed by atoms with Gasteiger partial charge in [0.1, 0.15) is 0 Å². The van der Waals surface area contributed by atoms with Gasteiger partial charge in [-0.3, -0.25) is 0 Å². The van der Waals surface area contributed by atoms with Gasteiger partial charge in [0.2, 0.25) is 0 Å². The number of nitrogens with zero attached hydrogens (tertiary/aromatic N) is 2. The van der Waals surface area contributed by atoms with E-state index in [4.69, 9.17) is 0 Å². The van der Waals surface area contributed by atoms with Crippen molar-refractivity contribution in [2.45, 2.75) is 220 Å². The number of halogens is 2. The maximum absolute atomic E-state index is 2.50. The average Bonchev–Trinajstić information content (AvgIpc) is 2.96. The minimum absolute atomic E-state index is 0. The molecule has 0 heterocycles. The first-order valence-corrected chi connectivity index (χ1v) is 19.8. The standard InChI is InChI=1S/C40H86N2.2BrH/c1-9-11-13-15-17-19-23-27-31-35-39(3)41(5,6)37-33-29-25-21-22-26-30-34-38-42(7,8)40(4)36-32-28-24-20-18-16-14-12-10-2;;/h39-40H,9-38H2,1-8H3;2*1H/q+2;;/p-2. The van der Waals surface area contributed by atoms with E-state index in [0.29, 0.717) is 0 Å². The summed E-state index contributed by atoms with van der Waals surface area (Å²) in [5.41, 5.74) is 0. The largest absolute Gasteiger partial charge is 1.00 e. The molecule has 0 spiro atoms. The quantitative estimate of drug-likeness (QED) is 0.0507. The summed E-state index contributed by atoms with van der Waals surface area (Å²) in [6, 6.07) is 1.62. The molecule has 0 amide bonds. The van der Waals surface area contributed by atoms with E-state index in [0.717, 1.165) is 12.1 Å². The Bertz CT molecular complexity index is 503. The maximum atomic E-state index is 2.50. The molecule has 0 fully saturated rings. The lowest BCUT2D eigenvalue weighted by Crippen LogP contribution is -3.00. The van der Waals surface area contributed by atoms with Crippen molar-refractivity contribution in [2.24, 2.45) is 0 Å². The molecule has 0 aromatic heterocycles. The molecule has 0 aromatic carbocycles. The molecule has 0 bridgehead atoms. The zero-order valence-corrected chi connectivity index (χ0v) is 35.2. The molecule has 0 N–H and O–H groups in total. The van der Waals surface area contributed by atoms with Crippen LogP contribution in [0.3, 0.4) is 0 Å². The predicted octanol–water partition coefficient (Wildman–Crippen LogP) is 6.89. The molecular weight excluding hydrogens is 668 g/mol. The Kier molecular flexibility index (Phi) is 37.8. The molecule has 44 heavy (non-hydrogen) atoms. The topological polar surface area (TPSA) is 0 Å². The van der Waals surface area contributed by atoms with E-state index in [1.54, 1.807) is 0 Å². The van der Waals surface area contributed by atoms with Gasteiger partial charge < -0.3 is 42.9 Å². The third-order valence-corrected chi connectivity index (χ3v) is 11.1. The van der Waals surface area contributed by atoms with E-state index < -0.39 is 0 Å². The zero-order chi connectivity index (χ0) is 31.4. The Labute approximate surface area is 302 Å². The van der Waals surface area contributed by atoms with Crippen LogP contribution in [0.4, 0.5) is 0 Å².